The first-order chi connectivity index (χ1) is 9.76. The highest BCUT2D eigenvalue weighted by atomic mass is 35.5. The van der Waals surface area contributed by atoms with Crippen LogP contribution in [0.25, 0.3) is 15.9 Å². The van der Waals surface area contributed by atoms with Gasteiger partial charge < -0.3 is 15.0 Å². The molecule has 1 atom stereocenters. The number of nitrogens with zero attached hydrogens (tertiary/aromatic N) is 1. The molecule has 2 aromatic rings. The van der Waals surface area contributed by atoms with Crippen molar-refractivity contribution in [3.8, 4) is 0 Å². The summed E-state index contributed by atoms with van der Waals surface area (Å²) in [7, 11) is 0. The number of hydrogen-bond donors (Lipinski definition) is 2. The molecule has 3 nitrogen and oxygen atoms in total. The molecule has 0 spiro atoms. The average molecular weight is 317 g/mol. The van der Waals surface area contributed by atoms with Crippen LogP contribution in [-0.4, -0.2) is 22.1 Å². The van der Waals surface area contributed by atoms with Gasteiger partial charge in [-0.25, -0.2) is 0 Å². The predicted octanol–water partition coefficient (Wildman–Crippen LogP) is 3.84. The topological polar surface area (TPSA) is 37.2 Å². The highest BCUT2D eigenvalue weighted by molar-refractivity contribution is 6.50. The quantitative estimate of drug-likeness (QED) is 0.839. The lowest BCUT2D eigenvalue weighted by molar-refractivity contribution is -0.140. The van der Waals surface area contributed by atoms with Gasteiger partial charge >= 0.3 is 6.18 Å². The molecular weight excluding hydrogens is 305 g/mol. The Morgan fingerprint density at radius 3 is 2.76 bits per heavy atom. The number of nitrogens with one attached hydrogen (secondary N) is 1. The van der Waals surface area contributed by atoms with E-state index in [1.54, 1.807) is 25.1 Å². The number of fused-ring (bicyclic) bond motifs is 3. The number of anilines is 1. The highest BCUT2D eigenvalue weighted by Crippen LogP contribution is 2.39. The third-order valence-electron chi connectivity index (χ3n) is 3.48. The van der Waals surface area contributed by atoms with Crippen LogP contribution in [0.1, 0.15) is 11.3 Å². The fourth-order valence-corrected chi connectivity index (χ4v) is 2.98. The standard InChI is InChI=1S/C14H12ClF3N2O/c1-7-4-8-11(20(7)6-14(16,17)18)3-2-10-13(8)9(15)5-12(21)19-10/h2-5,12,19,21H,6H2,1H3. The molecule has 0 aliphatic carbocycles. The molecule has 1 aromatic carbocycles. The van der Waals surface area contributed by atoms with Crippen molar-refractivity contribution in [3.63, 3.8) is 0 Å². The van der Waals surface area contributed by atoms with Crippen molar-refractivity contribution in [1.82, 2.24) is 4.57 Å². The van der Waals surface area contributed by atoms with Crippen molar-refractivity contribution in [2.24, 2.45) is 0 Å². The Morgan fingerprint density at radius 1 is 1.38 bits per heavy atom. The lowest BCUT2D eigenvalue weighted by atomic mass is 10.0. The summed E-state index contributed by atoms with van der Waals surface area (Å²) in [4.78, 5) is 0. The second-order valence-electron chi connectivity index (χ2n) is 5.01. The van der Waals surface area contributed by atoms with Crippen LogP contribution < -0.4 is 5.32 Å². The Bertz CT molecular complexity index is 749. The SMILES string of the molecule is Cc1cc2c3c(ccc2n1CC(F)(F)F)NC(O)C=C3Cl. The van der Waals surface area contributed by atoms with Crippen molar-refractivity contribution in [2.45, 2.75) is 25.9 Å². The summed E-state index contributed by atoms with van der Waals surface area (Å²) < 4.78 is 39.3. The van der Waals surface area contributed by atoms with Crippen LogP contribution in [0.2, 0.25) is 0 Å². The van der Waals surface area contributed by atoms with Gasteiger partial charge in [-0.1, -0.05) is 11.6 Å². The van der Waals surface area contributed by atoms with E-state index in [4.69, 9.17) is 11.6 Å². The molecule has 0 fully saturated rings. The van der Waals surface area contributed by atoms with Gasteiger partial charge in [0.05, 0.1) is 5.03 Å². The van der Waals surface area contributed by atoms with Crippen molar-refractivity contribution in [1.29, 1.82) is 0 Å². The maximum atomic E-state index is 12.7. The molecule has 0 radical (unpaired) electrons. The predicted molar refractivity (Wildman–Crippen MR) is 76.2 cm³/mol. The van der Waals surface area contributed by atoms with Gasteiger partial charge in [-0.15, -0.1) is 0 Å². The minimum Gasteiger partial charge on any atom is -0.370 e. The van der Waals surface area contributed by atoms with Gasteiger partial charge in [0.15, 0.2) is 0 Å². The number of aryl methyl sites for hydroxylation is 1. The summed E-state index contributed by atoms with van der Waals surface area (Å²) in [5, 5.41) is 13.4. The molecule has 2 heterocycles. The number of halogens is 4. The maximum absolute atomic E-state index is 12.7. The third kappa shape index (κ3) is 2.49. The molecule has 21 heavy (non-hydrogen) atoms. The van der Waals surface area contributed by atoms with Crippen molar-refractivity contribution >= 4 is 33.2 Å². The first-order valence-electron chi connectivity index (χ1n) is 6.28. The van der Waals surface area contributed by atoms with Crippen molar-refractivity contribution in [3.05, 3.63) is 35.5 Å². The normalized spacial score (nSPS) is 18.4. The van der Waals surface area contributed by atoms with Crippen LogP contribution in [0.15, 0.2) is 24.3 Å². The minimum absolute atomic E-state index is 0.325. The summed E-state index contributed by atoms with van der Waals surface area (Å²) >= 11 is 6.15. The first kappa shape index (κ1) is 14.3. The molecule has 0 amide bonds. The summed E-state index contributed by atoms with van der Waals surface area (Å²) in [6, 6.07) is 4.90. The number of rotatable bonds is 1. The Morgan fingerprint density at radius 2 is 2.10 bits per heavy atom. The number of hydrogen-bond acceptors (Lipinski definition) is 2. The van der Waals surface area contributed by atoms with E-state index in [-0.39, 0.29) is 0 Å². The van der Waals surface area contributed by atoms with Gasteiger partial charge in [-0.05, 0) is 31.2 Å². The van der Waals surface area contributed by atoms with Crippen LogP contribution >= 0.6 is 11.6 Å². The maximum Gasteiger partial charge on any atom is 0.406 e. The van der Waals surface area contributed by atoms with E-state index >= 15 is 0 Å². The summed E-state index contributed by atoms with van der Waals surface area (Å²) in [6.07, 6.45) is -3.78. The lowest BCUT2D eigenvalue weighted by Crippen LogP contribution is -2.20. The Hall–Kier alpha value is -1.66. The smallest absolute Gasteiger partial charge is 0.370 e. The van der Waals surface area contributed by atoms with Gasteiger partial charge in [0.1, 0.15) is 12.8 Å². The molecule has 0 saturated carbocycles. The molecule has 1 aliphatic heterocycles. The van der Waals surface area contributed by atoms with E-state index in [9.17, 15) is 18.3 Å². The molecule has 3 rings (SSSR count). The largest absolute Gasteiger partial charge is 0.406 e. The van der Waals surface area contributed by atoms with E-state index in [0.717, 1.165) is 0 Å². The molecular formula is C14H12ClF3N2O. The van der Waals surface area contributed by atoms with Crippen LogP contribution in [0, 0.1) is 6.92 Å². The summed E-state index contributed by atoms with van der Waals surface area (Å²) in [5.41, 5.74) is 2.19. The minimum atomic E-state index is -4.29. The van der Waals surface area contributed by atoms with E-state index in [2.05, 4.69) is 5.32 Å². The molecule has 112 valence electrons. The van der Waals surface area contributed by atoms with Crippen molar-refractivity contribution in [2.75, 3.05) is 5.32 Å². The molecule has 1 unspecified atom stereocenters. The van der Waals surface area contributed by atoms with Gasteiger partial charge in [-0.2, -0.15) is 13.2 Å². The van der Waals surface area contributed by atoms with Crippen LogP contribution in [-0.2, 0) is 6.54 Å². The average Bonchev–Trinajstić information content (AvgIpc) is 2.63. The molecule has 7 heteroatoms. The van der Waals surface area contributed by atoms with Crippen LogP contribution in [0.4, 0.5) is 18.9 Å². The summed E-state index contributed by atoms with van der Waals surface area (Å²) in [6.45, 7) is 0.583. The van der Waals surface area contributed by atoms with E-state index in [0.29, 0.717) is 32.9 Å². The lowest BCUT2D eigenvalue weighted by Gasteiger charge is -2.21. The van der Waals surface area contributed by atoms with Crippen LogP contribution in [0.5, 0.6) is 0 Å². The summed E-state index contributed by atoms with van der Waals surface area (Å²) in [5.74, 6) is 0. The molecule has 0 saturated heterocycles. The fourth-order valence-electron chi connectivity index (χ4n) is 2.66. The van der Waals surface area contributed by atoms with Gasteiger partial charge in [0.2, 0.25) is 0 Å². The zero-order valence-electron chi connectivity index (χ0n) is 11.0. The molecule has 1 aliphatic rings. The highest BCUT2D eigenvalue weighted by Gasteiger charge is 2.30. The zero-order chi connectivity index (χ0) is 15.4. The molecule has 2 N–H and O–H groups in total. The molecule has 1 aromatic heterocycles. The number of alkyl halides is 3. The van der Waals surface area contributed by atoms with Gasteiger partial charge in [-0.3, -0.25) is 0 Å². The Labute approximate surface area is 123 Å². The Kier molecular flexibility index (Phi) is 3.18. The number of aromatic nitrogens is 1. The fraction of sp³-hybridized carbons (Fsp3) is 0.286. The van der Waals surface area contributed by atoms with Crippen molar-refractivity contribution < 1.29 is 18.3 Å². The first-order valence-corrected chi connectivity index (χ1v) is 6.66. The van der Waals surface area contributed by atoms with E-state index in [1.807, 2.05) is 0 Å². The second kappa shape index (κ2) is 4.68. The van der Waals surface area contributed by atoms with Gasteiger partial charge in [0, 0.05) is 27.8 Å². The number of aliphatic hydroxyl groups is 1. The van der Waals surface area contributed by atoms with E-state index < -0.39 is 18.9 Å². The zero-order valence-corrected chi connectivity index (χ0v) is 11.8. The third-order valence-corrected chi connectivity index (χ3v) is 3.79. The number of aliphatic hydroxyl groups excluding tert-OH is 1. The monoisotopic (exact) mass is 316 g/mol. The molecule has 0 bridgehead atoms. The van der Waals surface area contributed by atoms with Crippen LogP contribution in [0.3, 0.4) is 0 Å². The van der Waals surface area contributed by atoms with Gasteiger partial charge in [0.25, 0.3) is 0 Å². The Balaban J connectivity index is 2.23. The second-order valence-corrected chi connectivity index (χ2v) is 5.42. The number of benzene rings is 1. The van der Waals surface area contributed by atoms with E-state index in [1.165, 1.54) is 10.6 Å².